The van der Waals surface area contributed by atoms with Crippen LogP contribution in [-0.4, -0.2) is 31.0 Å². The molecule has 1 N–H and O–H groups in total. The highest BCUT2D eigenvalue weighted by Gasteiger charge is 2.71. The van der Waals surface area contributed by atoms with E-state index in [9.17, 15) is 35.5 Å². The lowest BCUT2D eigenvalue weighted by molar-refractivity contribution is -0.341. The average molecular weight is 253 g/mol. The summed E-state index contributed by atoms with van der Waals surface area (Å²) in [7, 11) is 0.993. The van der Waals surface area contributed by atoms with Gasteiger partial charge in [0.1, 0.15) is 0 Å². The normalized spacial score (nSPS) is 14.2. The van der Waals surface area contributed by atoms with Crippen LogP contribution in [0.1, 0.15) is 0 Å². The second kappa shape index (κ2) is 4.30. The summed E-state index contributed by atoms with van der Waals surface area (Å²) >= 11 is 0. The highest BCUT2D eigenvalue weighted by atomic mass is 19.4. The Kier molecular flexibility index (Phi) is 3.96. The van der Waals surface area contributed by atoms with E-state index in [1.165, 1.54) is 0 Å². The molecule has 0 atom stereocenters. The van der Waals surface area contributed by atoms with E-state index in [4.69, 9.17) is 0 Å². The number of hydrogen-bond donors (Lipinski definition) is 1. The molecule has 0 aromatic rings. The van der Waals surface area contributed by atoms with Gasteiger partial charge in [-0.25, -0.2) is 0 Å². The summed E-state index contributed by atoms with van der Waals surface area (Å²) in [6.07, 6.45) is -7.29. The predicted octanol–water partition coefficient (Wildman–Crippen LogP) is 2.12. The molecule has 0 aliphatic rings. The Bertz CT molecular complexity index is 294. The first-order valence-corrected chi connectivity index (χ1v) is 3.69. The lowest BCUT2D eigenvalue weighted by Crippen LogP contribution is -2.50. The number of alkyl halides is 7. The summed E-state index contributed by atoms with van der Waals surface area (Å²) in [5, 5.41) is 1.74. The number of likely N-dealkylation sites (N-methyl/N-ethyl adjacent to an activating group) is 1. The maximum Gasteiger partial charge on any atom is 0.460 e. The van der Waals surface area contributed by atoms with Gasteiger partial charge in [0.25, 0.3) is 0 Å². The van der Waals surface area contributed by atoms with Gasteiger partial charge in [-0.05, 0) is 6.08 Å². The van der Waals surface area contributed by atoms with E-state index < -0.39 is 30.0 Å². The van der Waals surface area contributed by atoms with Gasteiger partial charge in [0.15, 0.2) is 0 Å². The summed E-state index contributed by atoms with van der Waals surface area (Å²) < 4.78 is 84.0. The van der Waals surface area contributed by atoms with Crippen LogP contribution >= 0.6 is 0 Å². The van der Waals surface area contributed by atoms with Gasteiger partial charge in [0.05, 0.1) is 0 Å². The number of hydrogen-bond acceptors (Lipinski definition) is 1. The molecule has 0 radical (unpaired) electrons. The molecule has 0 aromatic heterocycles. The van der Waals surface area contributed by atoms with Crippen LogP contribution in [0.25, 0.3) is 0 Å². The molecule has 0 fully saturated rings. The van der Waals surface area contributed by atoms with Crippen molar-refractivity contribution in [3.63, 3.8) is 0 Å². The molecule has 0 spiro atoms. The fourth-order valence-electron chi connectivity index (χ4n) is 0.557. The minimum Gasteiger partial charge on any atom is -0.356 e. The van der Waals surface area contributed by atoms with E-state index in [0.29, 0.717) is 0 Å². The highest BCUT2D eigenvalue weighted by molar-refractivity contribution is 5.87. The number of nitrogens with one attached hydrogen (secondary N) is 1. The Balaban J connectivity index is 5.06. The molecule has 0 bridgehead atoms. The van der Waals surface area contributed by atoms with E-state index >= 15 is 0 Å². The zero-order valence-electron chi connectivity index (χ0n) is 7.71. The molecule has 0 saturated carbocycles. The van der Waals surface area contributed by atoms with E-state index in [0.717, 1.165) is 7.05 Å². The molecule has 0 rings (SSSR count). The smallest absolute Gasteiger partial charge is 0.356 e. The van der Waals surface area contributed by atoms with E-state index in [1.807, 2.05) is 0 Å². The highest BCUT2D eigenvalue weighted by Crippen LogP contribution is 2.46. The van der Waals surface area contributed by atoms with Crippen LogP contribution in [0.15, 0.2) is 12.2 Å². The quantitative estimate of drug-likeness (QED) is 0.605. The summed E-state index contributed by atoms with van der Waals surface area (Å²) in [5.41, 5.74) is 0. The molecule has 1 amide bonds. The SMILES string of the molecule is CNC(=O)/C=C/C(F)(F)C(F)(F)C(F)(F)F. The Morgan fingerprint density at radius 2 is 1.50 bits per heavy atom. The van der Waals surface area contributed by atoms with Gasteiger partial charge in [-0.15, -0.1) is 0 Å². The van der Waals surface area contributed by atoms with Crippen molar-refractivity contribution in [2.75, 3.05) is 7.05 Å². The summed E-state index contributed by atoms with van der Waals surface area (Å²) in [6, 6.07) is 0. The van der Waals surface area contributed by atoms with Crippen molar-refractivity contribution in [3.05, 3.63) is 12.2 Å². The Morgan fingerprint density at radius 3 is 1.81 bits per heavy atom. The summed E-state index contributed by atoms with van der Waals surface area (Å²) in [4.78, 5) is 10.4. The standard InChI is InChI=1S/C7H6F7NO/c1-15-4(16)2-3-5(8,9)6(10,11)7(12,13)14/h2-3H,1H3,(H,15,16)/b3-2+. The molecule has 0 aliphatic heterocycles. The van der Waals surface area contributed by atoms with Crippen LogP contribution < -0.4 is 5.32 Å². The Morgan fingerprint density at radius 1 is 1.06 bits per heavy atom. The van der Waals surface area contributed by atoms with Crippen LogP contribution in [-0.2, 0) is 4.79 Å². The molecule has 0 heterocycles. The molecular formula is C7H6F7NO. The summed E-state index contributed by atoms with van der Waals surface area (Å²) in [6.45, 7) is 0. The molecule has 0 aromatic carbocycles. The number of halogens is 7. The van der Waals surface area contributed by atoms with Crippen molar-refractivity contribution in [3.8, 4) is 0 Å². The van der Waals surface area contributed by atoms with Gasteiger partial charge >= 0.3 is 18.0 Å². The monoisotopic (exact) mass is 253 g/mol. The molecular weight excluding hydrogens is 247 g/mol. The number of carbonyl (C=O) groups excluding carboxylic acids is 1. The van der Waals surface area contributed by atoms with E-state index in [2.05, 4.69) is 0 Å². The topological polar surface area (TPSA) is 29.1 Å². The lowest BCUT2D eigenvalue weighted by atomic mass is 10.1. The number of amides is 1. The van der Waals surface area contributed by atoms with E-state index in [1.54, 1.807) is 5.32 Å². The Hall–Kier alpha value is -1.28. The largest absolute Gasteiger partial charge is 0.460 e. The molecule has 0 aliphatic carbocycles. The van der Waals surface area contributed by atoms with Crippen molar-refractivity contribution in [1.82, 2.24) is 5.32 Å². The van der Waals surface area contributed by atoms with Crippen LogP contribution in [0.4, 0.5) is 30.7 Å². The molecule has 16 heavy (non-hydrogen) atoms. The predicted molar refractivity (Wildman–Crippen MR) is 39.2 cm³/mol. The van der Waals surface area contributed by atoms with Gasteiger partial charge in [0.2, 0.25) is 5.91 Å². The fourth-order valence-corrected chi connectivity index (χ4v) is 0.557. The van der Waals surface area contributed by atoms with Crippen molar-refractivity contribution in [2.24, 2.45) is 0 Å². The second-order valence-electron chi connectivity index (χ2n) is 2.64. The van der Waals surface area contributed by atoms with Crippen molar-refractivity contribution in [1.29, 1.82) is 0 Å². The maximum absolute atomic E-state index is 12.5. The molecule has 94 valence electrons. The van der Waals surface area contributed by atoms with Crippen LogP contribution in [0.3, 0.4) is 0 Å². The molecule has 0 saturated heterocycles. The summed E-state index contributed by atoms with van der Waals surface area (Å²) in [5.74, 6) is -12.9. The van der Waals surface area contributed by atoms with Gasteiger partial charge < -0.3 is 5.32 Å². The molecule has 0 unspecified atom stereocenters. The minimum atomic E-state index is -6.40. The average Bonchev–Trinajstić information content (AvgIpc) is 2.12. The first-order valence-electron chi connectivity index (χ1n) is 3.69. The van der Waals surface area contributed by atoms with Gasteiger partial charge in [-0.2, -0.15) is 30.7 Å². The van der Waals surface area contributed by atoms with Gasteiger partial charge in [-0.1, -0.05) is 0 Å². The van der Waals surface area contributed by atoms with Crippen LogP contribution in [0.5, 0.6) is 0 Å². The third-order valence-corrected chi connectivity index (χ3v) is 1.47. The van der Waals surface area contributed by atoms with Crippen LogP contribution in [0, 0.1) is 0 Å². The van der Waals surface area contributed by atoms with Crippen molar-refractivity contribution < 1.29 is 35.5 Å². The second-order valence-corrected chi connectivity index (χ2v) is 2.64. The third-order valence-electron chi connectivity index (χ3n) is 1.47. The Labute approximate surface area is 85.1 Å². The molecule has 9 heteroatoms. The zero-order valence-corrected chi connectivity index (χ0v) is 7.71. The van der Waals surface area contributed by atoms with Gasteiger partial charge in [-0.3, -0.25) is 4.79 Å². The third kappa shape index (κ3) is 2.86. The van der Waals surface area contributed by atoms with Crippen molar-refractivity contribution in [2.45, 2.75) is 18.0 Å². The molecule has 2 nitrogen and oxygen atoms in total. The fraction of sp³-hybridized carbons (Fsp3) is 0.571. The number of allylic oxidation sites excluding steroid dienone is 1. The van der Waals surface area contributed by atoms with Crippen LogP contribution in [0.2, 0.25) is 0 Å². The first-order chi connectivity index (χ1) is 6.95. The number of rotatable bonds is 3. The minimum absolute atomic E-state index is 0.0976. The first kappa shape index (κ1) is 14.7. The number of carbonyl (C=O) groups is 1. The lowest BCUT2D eigenvalue weighted by Gasteiger charge is -2.25. The van der Waals surface area contributed by atoms with E-state index in [-0.39, 0.29) is 6.08 Å². The van der Waals surface area contributed by atoms with Crippen molar-refractivity contribution >= 4 is 5.91 Å². The van der Waals surface area contributed by atoms with Gasteiger partial charge in [0, 0.05) is 13.1 Å². The maximum atomic E-state index is 12.5. The zero-order chi connectivity index (χ0) is 13.2.